The van der Waals surface area contributed by atoms with Crippen molar-refractivity contribution in [3.8, 4) is 0 Å². The van der Waals surface area contributed by atoms with Crippen molar-refractivity contribution in [2.45, 2.75) is 32.7 Å². The Bertz CT molecular complexity index is 760. The fraction of sp³-hybridized carbons (Fsp3) is 0.333. The van der Waals surface area contributed by atoms with Crippen LogP contribution in [0.2, 0.25) is 0 Å². The van der Waals surface area contributed by atoms with Crippen LogP contribution < -0.4 is 11.5 Å². The van der Waals surface area contributed by atoms with Crippen molar-refractivity contribution in [3.05, 3.63) is 24.3 Å². The summed E-state index contributed by atoms with van der Waals surface area (Å²) in [6.45, 7) is 3.05. The first-order chi connectivity index (χ1) is 9.72. The zero-order chi connectivity index (χ0) is 14.1. The van der Waals surface area contributed by atoms with Gasteiger partial charge in [0.15, 0.2) is 5.82 Å². The molecular weight excluding hydrogens is 250 g/mol. The lowest BCUT2D eigenvalue weighted by molar-refractivity contribution is 0.619. The summed E-state index contributed by atoms with van der Waals surface area (Å²) < 4.78 is 2.06. The van der Waals surface area contributed by atoms with Gasteiger partial charge in [0.2, 0.25) is 5.95 Å². The minimum Gasteiger partial charge on any atom is -0.382 e. The highest BCUT2D eigenvalue weighted by atomic mass is 15.2. The Morgan fingerprint density at radius 3 is 2.70 bits per heavy atom. The van der Waals surface area contributed by atoms with E-state index in [1.165, 1.54) is 12.8 Å². The number of imidazole rings is 1. The number of pyridine rings is 1. The first-order valence-corrected chi connectivity index (χ1v) is 7.02. The van der Waals surface area contributed by atoms with Crippen molar-refractivity contribution in [1.82, 2.24) is 14.5 Å². The molecule has 20 heavy (non-hydrogen) atoms. The van der Waals surface area contributed by atoms with Gasteiger partial charge in [-0.25, -0.2) is 9.97 Å². The molecule has 2 heterocycles. The van der Waals surface area contributed by atoms with Gasteiger partial charge in [0.25, 0.3) is 0 Å². The molecule has 0 aliphatic carbocycles. The van der Waals surface area contributed by atoms with E-state index >= 15 is 0 Å². The first-order valence-electron chi connectivity index (χ1n) is 7.02. The number of aryl methyl sites for hydroxylation is 1. The molecule has 1 aromatic carbocycles. The number of unbranched alkanes of at least 4 members (excludes halogenated alkanes) is 2. The molecule has 5 nitrogen and oxygen atoms in total. The molecule has 104 valence electrons. The van der Waals surface area contributed by atoms with Gasteiger partial charge in [0.1, 0.15) is 5.52 Å². The van der Waals surface area contributed by atoms with Crippen LogP contribution in [0, 0.1) is 0 Å². The summed E-state index contributed by atoms with van der Waals surface area (Å²) >= 11 is 0. The fourth-order valence-corrected chi connectivity index (χ4v) is 2.62. The Morgan fingerprint density at radius 1 is 1.10 bits per heavy atom. The van der Waals surface area contributed by atoms with Gasteiger partial charge in [-0.3, -0.25) is 0 Å². The molecule has 0 bridgehead atoms. The van der Waals surface area contributed by atoms with Gasteiger partial charge in [0.05, 0.1) is 11.0 Å². The summed E-state index contributed by atoms with van der Waals surface area (Å²) in [7, 11) is 0. The molecule has 2 aromatic heterocycles. The fourth-order valence-electron chi connectivity index (χ4n) is 2.62. The van der Waals surface area contributed by atoms with Crippen molar-refractivity contribution in [2.75, 3.05) is 11.5 Å². The maximum atomic E-state index is 6.06. The molecule has 0 spiro atoms. The van der Waals surface area contributed by atoms with E-state index in [-0.39, 0.29) is 0 Å². The van der Waals surface area contributed by atoms with Gasteiger partial charge in [0, 0.05) is 11.9 Å². The van der Waals surface area contributed by atoms with Crippen LogP contribution in [0.3, 0.4) is 0 Å². The smallest absolute Gasteiger partial charge is 0.201 e. The normalized spacial score (nSPS) is 11.4. The van der Waals surface area contributed by atoms with Crippen molar-refractivity contribution >= 4 is 33.7 Å². The van der Waals surface area contributed by atoms with E-state index in [0.29, 0.717) is 17.3 Å². The molecular formula is C15H19N5. The quantitative estimate of drug-likeness (QED) is 0.713. The highest BCUT2D eigenvalue weighted by Gasteiger charge is 2.15. The Hall–Kier alpha value is -2.30. The van der Waals surface area contributed by atoms with Crippen LogP contribution in [-0.2, 0) is 6.54 Å². The highest BCUT2D eigenvalue weighted by molar-refractivity contribution is 6.07. The summed E-state index contributed by atoms with van der Waals surface area (Å²) in [5.74, 6) is 0.959. The molecule has 0 atom stereocenters. The predicted molar refractivity (Wildman–Crippen MR) is 83.4 cm³/mol. The van der Waals surface area contributed by atoms with Gasteiger partial charge in [-0.1, -0.05) is 38.0 Å². The van der Waals surface area contributed by atoms with Crippen LogP contribution >= 0.6 is 0 Å². The lowest BCUT2D eigenvalue weighted by Gasteiger charge is -2.08. The summed E-state index contributed by atoms with van der Waals surface area (Å²) in [6, 6.07) is 7.97. The molecule has 0 aliphatic heterocycles. The Balaban J connectivity index is 2.25. The van der Waals surface area contributed by atoms with Crippen LogP contribution in [0.25, 0.3) is 21.9 Å². The number of hydrogen-bond acceptors (Lipinski definition) is 4. The highest BCUT2D eigenvalue weighted by Crippen LogP contribution is 2.29. The third-order valence-corrected chi connectivity index (χ3v) is 3.63. The number of nitrogens with two attached hydrogens (primary N) is 2. The zero-order valence-electron chi connectivity index (χ0n) is 11.6. The second-order valence-electron chi connectivity index (χ2n) is 5.04. The Labute approximate surface area is 117 Å². The topological polar surface area (TPSA) is 82.8 Å². The van der Waals surface area contributed by atoms with Crippen molar-refractivity contribution in [1.29, 1.82) is 0 Å². The van der Waals surface area contributed by atoms with Gasteiger partial charge < -0.3 is 16.0 Å². The van der Waals surface area contributed by atoms with Crippen LogP contribution in [0.4, 0.5) is 11.8 Å². The number of aromatic nitrogens is 3. The number of rotatable bonds is 4. The lowest BCUT2D eigenvalue weighted by Crippen LogP contribution is -2.04. The maximum absolute atomic E-state index is 6.06. The number of benzene rings is 1. The molecule has 0 saturated heterocycles. The van der Waals surface area contributed by atoms with E-state index in [4.69, 9.17) is 11.5 Å². The number of anilines is 2. The molecule has 0 radical (unpaired) electrons. The first kappa shape index (κ1) is 12.7. The maximum Gasteiger partial charge on any atom is 0.201 e. The zero-order valence-corrected chi connectivity index (χ0v) is 11.6. The third kappa shape index (κ3) is 1.95. The number of nitrogens with zero attached hydrogens (tertiary/aromatic N) is 3. The average molecular weight is 269 g/mol. The molecule has 0 aliphatic rings. The lowest BCUT2D eigenvalue weighted by atomic mass is 10.2. The van der Waals surface area contributed by atoms with E-state index in [0.717, 1.165) is 29.4 Å². The molecule has 0 fully saturated rings. The van der Waals surface area contributed by atoms with Crippen LogP contribution in [-0.4, -0.2) is 14.5 Å². The standard InChI is InChI=1S/C15H19N5/c1-2-3-6-9-20-13-10-7-4-5-8-11(10)18-14(16)12(13)19-15(20)17/h4-5,7-8H,2-3,6,9H2,1H3,(H2,16,18)(H2,17,19). The average Bonchev–Trinajstić information content (AvgIpc) is 2.78. The van der Waals surface area contributed by atoms with Crippen molar-refractivity contribution in [2.24, 2.45) is 0 Å². The van der Waals surface area contributed by atoms with Crippen molar-refractivity contribution in [3.63, 3.8) is 0 Å². The van der Waals surface area contributed by atoms with Crippen LogP contribution in [0.5, 0.6) is 0 Å². The molecule has 5 heteroatoms. The minimum absolute atomic E-state index is 0.444. The molecule has 3 aromatic rings. The predicted octanol–water partition coefficient (Wildman–Crippen LogP) is 2.94. The molecule has 0 unspecified atom stereocenters. The largest absolute Gasteiger partial charge is 0.382 e. The van der Waals surface area contributed by atoms with E-state index < -0.39 is 0 Å². The van der Waals surface area contributed by atoms with E-state index in [9.17, 15) is 0 Å². The minimum atomic E-state index is 0.444. The number of nitrogen functional groups attached to an aromatic ring is 2. The van der Waals surface area contributed by atoms with Gasteiger partial charge in [-0.05, 0) is 12.5 Å². The monoisotopic (exact) mass is 269 g/mol. The summed E-state index contributed by atoms with van der Waals surface area (Å²) in [5.41, 5.74) is 14.7. The second-order valence-corrected chi connectivity index (χ2v) is 5.04. The molecule has 0 amide bonds. The number of hydrogen-bond donors (Lipinski definition) is 2. The molecule has 0 saturated carbocycles. The van der Waals surface area contributed by atoms with Crippen LogP contribution in [0.1, 0.15) is 26.2 Å². The number of para-hydroxylation sites is 1. The molecule has 3 rings (SSSR count). The number of fused-ring (bicyclic) bond motifs is 3. The van der Waals surface area contributed by atoms with E-state index in [1.54, 1.807) is 0 Å². The van der Waals surface area contributed by atoms with Gasteiger partial charge in [-0.2, -0.15) is 0 Å². The second kappa shape index (κ2) is 5.00. The SMILES string of the molecule is CCCCCn1c(N)nc2c(N)nc3ccccc3c21. The van der Waals surface area contributed by atoms with Gasteiger partial charge >= 0.3 is 0 Å². The van der Waals surface area contributed by atoms with E-state index in [1.807, 2.05) is 24.3 Å². The summed E-state index contributed by atoms with van der Waals surface area (Å²) in [5, 5.41) is 1.05. The van der Waals surface area contributed by atoms with Gasteiger partial charge in [-0.15, -0.1) is 0 Å². The third-order valence-electron chi connectivity index (χ3n) is 3.63. The molecule has 4 N–H and O–H groups in total. The summed E-state index contributed by atoms with van der Waals surface area (Å²) in [6.07, 6.45) is 3.44. The summed E-state index contributed by atoms with van der Waals surface area (Å²) in [4.78, 5) is 8.80. The Kier molecular flexibility index (Phi) is 3.18. The van der Waals surface area contributed by atoms with Crippen molar-refractivity contribution < 1.29 is 0 Å². The van der Waals surface area contributed by atoms with E-state index in [2.05, 4.69) is 21.5 Å². The van der Waals surface area contributed by atoms with Crippen LogP contribution in [0.15, 0.2) is 24.3 Å². The Morgan fingerprint density at radius 2 is 1.90 bits per heavy atom.